The van der Waals surface area contributed by atoms with Crippen LogP contribution in [0.15, 0.2) is 12.7 Å². The van der Waals surface area contributed by atoms with Crippen LogP contribution in [0.4, 0.5) is 4.79 Å². The fourth-order valence-corrected chi connectivity index (χ4v) is 2.49. The lowest BCUT2D eigenvalue weighted by Crippen LogP contribution is -2.50. The Hall–Kier alpha value is -1.38. The van der Waals surface area contributed by atoms with Gasteiger partial charge in [0.15, 0.2) is 8.32 Å². The Balaban J connectivity index is 5.04. The van der Waals surface area contributed by atoms with Crippen molar-refractivity contribution in [2.24, 2.45) is 0 Å². The summed E-state index contributed by atoms with van der Waals surface area (Å²) >= 11 is 0. The van der Waals surface area contributed by atoms with Gasteiger partial charge in [-0.05, 0) is 18.1 Å². The van der Waals surface area contributed by atoms with Crippen molar-refractivity contribution in [2.45, 2.75) is 44.9 Å². The standard InChI is InChI=1S/C15H30N2O5Si/c1-9-12(11-22-23(7,8)15(2,3)4)17(14(19)20)10-13(18)16(5)21-6/h9,12H,1,10-11H2,2-8H3,(H,19,20). The van der Waals surface area contributed by atoms with E-state index in [1.807, 2.05) is 0 Å². The Labute approximate surface area is 139 Å². The number of nitrogens with zero attached hydrogens (tertiary/aromatic N) is 2. The van der Waals surface area contributed by atoms with Gasteiger partial charge in [-0.1, -0.05) is 26.8 Å². The van der Waals surface area contributed by atoms with Gasteiger partial charge in [0.25, 0.3) is 5.91 Å². The molecule has 134 valence electrons. The smallest absolute Gasteiger partial charge is 0.408 e. The van der Waals surface area contributed by atoms with E-state index in [1.165, 1.54) is 20.2 Å². The number of amides is 2. The summed E-state index contributed by atoms with van der Waals surface area (Å²) in [5, 5.41) is 10.4. The topological polar surface area (TPSA) is 79.3 Å². The minimum atomic E-state index is -2.02. The fourth-order valence-electron chi connectivity index (χ4n) is 1.47. The first-order valence-corrected chi connectivity index (χ1v) is 10.3. The highest BCUT2D eigenvalue weighted by molar-refractivity contribution is 6.74. The molecule has 0 aromatic heterocycles. The van der Waals surface area contributed by atoms with Crippen molar-refractivity contribution in [3.05, 3.63) is 12.7 Å². The second-order valence-electron chi connectivity index (χ2n) is 6.86. The van der Waals surface area contributed by atoms with Gasteiger partial charge in [0.05, 0.1) is 19.8 Å². The summed E-state index contributed by atoms with van der Waals surface area (Å²) in [5.74, 6) is -0.464. The van der Waals surface area contributed by atoms with Gasteiger partial charge in [-0.15, -0.1) is 6.58 Å². The van der Waals surface area contributed by atoms with Crippen molar-refractivity contribution in [1.29, 1.82) is 0 Å². The zero-order chi connectivity index (χ0) is 18.4. The monoisotopic (exact) mass is 346 g/mol. The zero-order valence-electron chi connectivity index (χ0n) is 15.3. The van der Waals surface area contributed by atoms with E-state index in [0.717, 1.165) is 9.96 Å². The van der Waals surface area contributed by atoms with E-state index in [2.05, 4.69) is 40.4 Å². The first-order chi connectivity index (χ1) is 10.4. The predicted octanol–water partition coefficient (Wildman–Crippen LogP) is 2.56. The molecular weight excluding hydrogens is 316 g/mol. The summed E-state index contributed by atoms with van der Waals surface area (Å²) in [6.07, 6.45) is 0.285. The molecule has 0 rings (SSSR count). The molecule has 0 aromatic rings. The van der Waals surface area contributed by atoms with Crippen LogP contribution >= 0.6 is 0 Å². The highest BCUT2D eigenvalue weighted by Gasteiger charge is 2.38. The van der Waals surface area contributed by atoms with Gasteiger partial charge in [0, 0.05) is 7.05 Å². The number of rotatable bonds is 8. The van der Waals surface area contributed by atoms with E-state index >= 15 is 0 Å². The molecule has 1 unspecified atom stereocenters. The summed E-state index contributed by atoms with van der Waals surface area (Å²) in [5.41, 5.74) is 0. The summed E-state index contributed by atoms with van der Waals surface area (Å²) in [6.45, 7) is 14.0. The van der Waals surface area contributed by atoms with Crippen LogP contribution in [0.2, 0.25) is 18.1 Å². The molecule has 0 aliphatic rings. The van der Waals surface area contributed by atoms with Crippen LogP contribution in [0, 0.1) is 0 Å². The Kier molecular flexibility index (Phi) is 7.95. The molecule has 8 heteroatoms. The highest BCUT2D eigenvalue weighted by Crippen LogP contribution is 2.36. The van der Waals surface area contributed by atoms with E-state index in [9.17, 15) is 14.7 Å². The maximum Gasteiger partial charge on any atom is 0.408 e. The number of carboxylic acid groups (broad SMARTS) is 1. The maximum absolute atomic E-state index is 11.9. The summed E-state index contributed by atoms with van der Waals surface area (Å²) in [7, 11) is 0.749. The van der Waals surface area contributed by atoms with Gasteiger partial charge in [0.2, 0.25) is 0 Å². The molecule has 0 spiro atoms. The Morgan fingerprint density at radius 2 is 1.87 bits per heavy atom. The van der Waals surface area contributed by atoms with Crippen LogP contribution in [0.25, 0.3) is 0 Å². The number of hydroxylamine groups is 2. The molecule has 7 nitrogen and oxygen atoms in total. The Morgan fingerprint density at radius 1 is 1.35 bits per heavy atom. The average molecular weight is 347 g/mol. The first-order valence-electron chi connectivity index (χ1n) is 7.44. The molecular formula is C15H30N2O5Si. The van der Waals surface area contributed by atoms with Crippen molar-refractivity contribution in [1.82, 2.24) is 9.96 Å². The van der Waals surface area contributed by atoms with Crippen LogP contribution in [-0.4, -0.2) is 68.7 Å². The second kappa shape index (κ2) is 8.46. The lowest BCUT2D eigenvalue weighted by molar-refractivity contribution is -0.169. The zero-order valence-corrected chi connectivity index (χ0v) is 16.3. The van der Waals surface area contributed by atoms with Crippen LogP contribution < -0.4 is 0 Å². The molecule has 23 heavy (non-hydrogen) atoms. The lowest BCUT2D eigenvalue weighted by Gasteiger charge is -2.38. The summed E-state index contributed by atoms with van der Waals surface area (Å²) in [4.78, 5) is 29.2. The van der Waals surface area contributed by atoms with E-state index < -0.39 is 26.4 Å². The van der Waals surface area contributed by atoms with Gasteiger partial charge in [-0.3, -0.25) is 14.5 Å². The SMILES string of the molecule is C=CC(CO[Si](C)(C)C(C)(C)C)N(CC(=O)N(C)OC)C(=O)O. The van der Waals surface area contributed by atoms with Crippen LogP contribution in [0.1, 0.15) is 20.8 Å². The molecule has 0 aliphatic heterocycles. The number of carbonyl (C=O) groups is 2. The molecule has 1 N–H and O–H groups in total. The molecule has 0 saturated carbocycles. The van der Waals surface area contributed by atoms with Gasteiger partial charge >= 0.3 is 6.09 Å². The molecule has 0 fully saturated rings. The summed E-state index contributed by atoms with van der Waals surface area (Å²) in [6, 6.07) is -0.601. The second-order valence-corrected chi connectivity index (χ2v) is 11.7. The third kappa shape index (κ3) is 6.32. The third-order valence-corrected chi connectivity index (χ3v) is 8.77. The number of hydrogen-bond donors (Lipinski definition) is 1. The van der Waals surface area contributed by atoms with Gasteiger partial charge in [0.1, 0.15) is 6.54 Å². The molecule has 0 aliphatic carbocycles. The highest BCUT2D eigenvalue weighted by atomic mass is 28.4. The van der Waals surface area contributed by atoms with Crippen molar-refractivity contribution in [3.8, 4) is 0 Å². The van der Waals surface area contributed by atoms with Crippen molar-refractivity contribution < 1.29 is 24.0 Å². The van der Waals surface area contributed by atoms with E-state index in [4.69, 9.17) is 9.26 Å². The van der Waals surface area contributed by atoms with Gasteiger partial charge < -0.3 is 9.53 Å². The number of carbonyl (C=O) groups excluding carboxylic acids is 1. The van der Waals surface area contributed by atoms with E-state index in [0.29, 0.717) is 0 Å². The number of hydrogen-bond acceptors (Lipinski definition) is 4. The van der Waals surface area contributed by atoms with Crippen molar-refractivity contribution in [3.63, 3.8) is 0 Å². The third-order valence-electron chi connectivity index (χ3n) is 4.27. The molecule has 0 heterocycles. The minimum absolute atomic E-state index is 0.0128. The quantitative estimate of drug-likeness (QED) is 0.415. The summed E-state index contributed by atoms with van der Waals surface area (Å²) < 4.78 is 6.05. The lowest BCUT2D eigenvalue weighted by atomic mass is 10.2. The predicted molar refractivity (Wildman–Crippen MR) is 91.6 cm³/mol. The first kappa shape index (κ1) is 21.6. The number of likely N-dealkylation sites (N-methyl/N-ethyl adjacent to an activating group) is 1. The van der Waals surface area contributed by atoms with E-state index in [-0.39, 0.29) is 18.2 Å². The van der Waals surface area contributed by atoms with Crippen molar-refractivity contribution >= 4 is 20.3 Å². The molecule has 2 amide bonds. The maximum atomic E-state index is 11.9. The van der Waals surface area contributed by atoms with Crippen LogP contribution in [0.5, 0.6) is 0 Å². The average Bonchev–Trinajstić information content (AvgIpc) is 2.43. The molecule has 0 aromatic carbocycles. The van der Waals surface area contributed by atoms with Crippen molar-refractivity contribution in [2.75, 3.05) is 27.3 Å². The molecule has 0 bridgehead atoms. The molecule has 0 saturated heterocycles. The van der Waals surface area contributed by atoms with Crippen LogP contribution in [-0.2, 0) is 14.1 Å². The van der Waals surface area contributed by atoms with Gasteiger partial charge in [-0.2, -0.15) is 0 Å². The minimum Gasteiger partial charge on any atom is -0.465 e. The Bertz CT molecular complexity index is 434. The normalized spacial score (nSPS) is 13.3. The molecule has 1 atom stereocenters. The van der Waals surface area contributed by atoms with Crippen LogP contribution in [0.3, 0.4) is 0 Å². The largest absolute Gasteiger partial charge is 0.465 e. The van der Waals surface area contributed by atoms with E-state index in [1.54, 1.807) is 0 Å². The van der Waals surface area contributed by atoms with Gasteiger partial charge in [-0.25, -0.2) is 9.86 Å². The Morgan fingerprint density at radius 3 is 2.22 bits per heavy atom. The molecule has 0 radical (unpaired) electrons. The fraction of sp³-hybridized carbons (Fsp3) is 0.733.